The predicted octanol–water partition coefficient (Wildman–Crippen LogP) is 2.35. The Hall–Kier alpha value is -3.35. The highest BCUT2D eigenvalue weighted by Gasteiger charge is 2.10. The number of nitrogens with zero attached hydrogens (tertiary/aromatic N) is 6. The summed E-state index contributed by atoms with van der Waals surface area (Å²) in [6.45, 7) is 3.96. The van der Waals surface area contributed by atoms with Gasteiger partial charge in [0.1, 0.15) is 11.5 Å². The quantitative estimate of drug-likeness (QED) is 0.584. The van der Waals surface area contributed by atoms with Gasteiger partial charge in [-0.3, -0.25) is 4.98 Å². The second-order valence-corrected chi connectivity index (χ2v) is 5.13. The van der Waals surface area contributed by atoms with Crippen LogP contribution in [0, 0.1) is 0 Å². The molecule has 0 aliphatic carbocycles. The molecular weight excluding hydrogens is 292 g/mol. The van der Waals surface area contributed by atoms with Gasteiger partial charge in [-0.05, 0) is 23.8 Å². The third kappa shape index (κ3) is 2.38. The minimum absolute atomic E-state index is 0.135. The number of fused-ring (bicyclic) bond motifs is 2. The Kier molecular flexibility index (Phi) is 2.97. The number of aliphatic hydroxyl groups is 1. The fourth-order valence-corrected chi connectivity index (χ4v) is 2.40. The Labute approximate surface area is 131 Å². The number of aliphatic hydroxyl groups excluding tert-OH is 1. The fourth-order valence-electron chi connectivity index (χ4n) is 2.40. The second kappa shape index (κ2) is 5.13. The van der Waals surface area contributed by atoms with Crippen LogP contribution in [0.15, 0.2) is 49.3 Å². The second-order valence-electron chi connectivity index (χ2n) is 5.13. The molecule has 4 aromatic rings. The highest BCUT2D eigenvalue weighted by Crippen LogP contribution is 2.16. The fraction of sp³-hybridized carbons (Fsp3) is 0.0625. The highest BCUT2D eigenvalue weighted by atomic mass is 16.3. The van der Waals surface area contributed by atoms with Crippen LogP contribution in [0.25, 0.3) is 28.0 Å². The zero-order chi connectivity index (χ0) is 15.8. The molecule has 0 bridgehead atoms. The summed E-state index contributed by atoms with van der Waals surface area (Å²) in [6, 6.07) is 9.93. The van der Waals surface area contributed by atoms with Crippen molar-refractivity contribution in [1.82, 2.24) is 29.9 Å². The van der Waals surface area contributed by atoms with Crippen LogP contribution in [0.5, 0.6) is 0 Å². The van der Waals surface area contributed by atoms with Gasteiger partial charge in [0, 0.05) is 11.6 Å². The summed E-state index contributed by atoms with van der Waals surface area (Å²) in [5, 5.41) is 18.6. The third-order valence-corrected chi connectivity index (χ3v) is 3.52. The largest absolute Gasteiger partial charge is 0.506 e. The van der Waals surface area contributed by atoms with Gasteiger partial charge in [-0.15, -0.1) is 5.10 Å². The third-order valence-electron chi connectivity index (χ3n) is 3.52. The van der Waals surface area contributed by atoms with Crippen molar-refractivity contribution >= 4 is 28.0 Å². The van der Waals surface area contributed by atoms with Gasteiger partial charge in [-0.1, -0.05) is 23.9 Å². The molecule has 1 N–H and O–H groups in total. The predicted molar refractivity (Wildman–Crippen MR) is 85.6 cm³/mol. The first-order valence-corrected chi connectivity index (χ1v) is 6.99. The maximum absolute atomic E-state index is 9.47. The molecule has 0 atom stereocenters. The van der Waals surface area contributed by atoms with E-state index in [4.69, 9.17) is 0 Å². The average Bonchev–Trinajstić information content (AvgIpc) is 2.97. The lowest BCUT2D eigenvalue weighted by Crippen LogP contribution is -2.04. The highest BCUT2D eigenvalue weighted by molar-refractivity contribution is 5.79. The summed E-state index contributed by atoms with van der Waals surface area (Å²) < 4.78 is 1.65. The van der Waals surface area contributed by atoms with Crippen LogP contribution in [0.2, 0.25) is 0 Å². The molecule has 3 heterocycles. The Morgan fingerprint density at radius 2 is 2.13 bits per heavy atom. The summed E-state index contributed by atoms with van der Waals surface area (Å²) in [7, 11) is 0. The van der Waals surface area contributed by atoms with Gasteiger partial charge in [-0.25, -0.2) is 14.6 Å². The lowest BCUT2D eigenvalue weighted by atomic mass is 10.1. The minimum Gasteiger partial charge on any atom is -0.506 e. The van der Waals surface area contributed by atoms with E-state index in [2.05, 4.69) is 37.9 Å². The molecule has 23 heavy (non-hydrogen) atoms. The first-order valence-electron chi connectivity index (χ1n) is 6.99. The standard InChI is InChI=1S/C16H12N6O/c1-10(23)14-8-18-15-16(19-14)22(21-20-15)9-11-4-5-13-12(7-11)3-2-6-17-13/h2-8,23H,1,9H2. The van der Waals surface area contributed by atoms with Gasteiger partial charge < -0.3 is 5.11 Å². The van der Waals surface area contributed by atoms with Gasteiger partial charge in [-0.2, -0.15) is 0 Å². The van der Waals surface area contributed by atoms with Crippen molar-refractivity contribution in [3.05, 3.63) is 60.6 Å². The molecule has 0 aliphatic heterocycles. The number of rotatable bonds is 3. The van der Waals surface area contributed by atoms with Crippen molar-refractivity contribution in [1.29, 1.82) is 0 Å². The lowest BCUT2D eigenvalue weighted by molar-refractivity contribution is 0.510. The topological polar surface area (TPSA) is 89.6 Å². The van der Waals surface area contributed by atoms with Crippen LogP contribution in [0.1, 0.15) is 11.3 Å². The molecule has 7 nitrogen and oxygen atoms in total. The maximum Gasteiger partial charge on any atom is 0.221 e. The average molecular weight is 304 g/mol. The van der Waals surface area contributed by atoms with Crippen molar-refractivity contribution in [3.8, 4) is 0 Å². The zero-order valence-corrected chi connectivity index (χ0v) is 12.1. The first kappa shape index (κ1) is 13.3. The molecule has 0 unspecified atom stereocenters. The minimum atomic E-state index is -0.135. The van der Waals surface area contributed by atoms with E-state index in [9.17, 15) is 5.11 Å². The summed E-state index contributed by atoms with van der Waals surface area (Å²) in [4.78, 5) is 12.7. The first-order chi connectivity index (χ1) is 11.2. The van der Waals surface area contributed by atoms with Gasteiger partial charge in [0.25, 0.3) is 0 Å². The van der Waals surface area contributed by atoms with Gasteiger partial charge in [0.2, 0.25) is 5.65 Å². The van der Waals surface area contributed by atoms with Crippen molar-refractivity contribution in [3.63, 3.8) is 0 Å². The van der Waals surface area contributed by atoms with Crippen LogP contribution >= 0.6 is 0 Å². The monoisotopic (exact) mass is 304 g/mol. The van der Waals surface area contributed by atoms with Crippen LogP contribution in [-0.4, -0.2) is 35.1 Å². The van der Waals surface area contributed by atoms with Gasteiger partial charge >= 0.3 is 0 Å². The van der Waals surface area contributed by atoms with E-state index in [1.54, 1.807) is 10.9 Å². The van der Waals surface area contributed by atoms with E-state index in [1.807, 2.05) is 24.3 Å². The molecule has 0 saturated heterocycles. The summed E-state index contributed by atoms with van der Waals surface area (Å²) in [5.74, 6) is -0.135. The molecule has 4 rings (SSSR count). The summed E-state index contributed by atoms with van der Waals surface area (Å²) >= 11 is 0. The Balaban J connectivity index is 1.76. The smallest absolute Gasteiger partial charge is 0.221 e. The van der Waals surface area contributed by atoms with Crippen LogP contribution < -0.4 is 0 Å². The van der Waals surface area contributed by atoms with Crippen molar-refractivity contribution in [2.75, 3.05) is 0 Å². The number of hydrogen-bond donors (Lipinski definition) is 1. The Morgan fingerprint density at radius 1 is 1.22 bits per heavy atom. The maximum atomic E-state index is 9.47. The number of hydrogen-bond acceptors (Lipinski definition) is 6. The van der Waals surface area contributed by atoms with Crippen molar-refractivity contribution < 1.29 is 5.11 Å². The molecule has 3 aromatic heterocycles. The van der Waals surface area contributed by atoms with E-state index in [-0.39, 0.29) is 5.76 Å². The number of pyridine rings is 1. The molecule has 1 aromatic carbocycles. The van der Waals surface area contributed by atoms with Crippen molar-refractivity contribution in [2.45, 2.75) is 6.54 Å². The molecule has 7 heteroatoms. The molecule has 0 fully saturated rings. The Bertz CT molecular complexity index is 1040. The van der Waals surface area contributed by atoms with E-state index < -0.39 is 0 Å². The molecule has 0 spiro atoms. The SMILES string of the molecule is C=C(O)c1cnc2nnn(Cc3ccc4ncccc4c3)c2n1. The summed E-state index contributed by atoms with van der Waals surface area (Å²) in [6.07, 6.45) is 3.19. The molecular formula is C16H12N6O. The van der Waals surface area contributed by atoms with E-state index >= 15 is 0 Å². The number of benzene rings is 1. The van der Waals surface area contributed by atoms with Crippen LogP contribution in [0.4, 0.5) is 0 Å². The van der Waals surface area contributed by atoms with Crippen LogP contribution in [0.3, 0.4) is 0 Å². The molecule has 0 aliphatic rings. The molecule has 0 radical (unpaired) electrons. The summed E-state index contributed by atoms with van der Waals surface area (Å²) in [5.41, 5.74) is 3.23. The van der Waals surface area contributed by atoms with Crippen molar-refractivity contribution in [2.24, 2.45) is 0 Å². The lowest BCUT2D eigenvalue weighted by Gasteiger charge is -2.04. The van der Waals surface area contributed by atoms with E-state index in [1.165, 1.54) is 6.20 Å². The zero-order valence-electron chi connectivity index (χ0n) is 12.1. The molecule has 112 valence electrons. The number of aromatic nitrogens is 6. The normalized spacial score (nSPS) is 11.1. The van der Waals surface area contributed by atoms with Crippen LogP contribution in [-0.2, 0) is 6.54 Å². The van der Waals surface area contributed by atoms with Gasteiger partial charge in [0.05, 0.1) is 18.3 Å². The van der Waals surface area contributed by atoms with E-state index in [0.29, 0.717) is 23.5 Å². The van der Waals surface area contributed by atoms with E-state index in [0.717, 1.165) is 16.5 Å². The molecule has 0 saturated carbocycles. The Morgan fingerprint density at radius 3 is 3.00 bits per heavy atom. The molecule has 0 amide bonds. The van der Waals surface area contributed by atoms with Gasteiger partial charge in [0.15, 0.2) is 5.65 Å².